The number of fused-ring (bicyclic) bond motifs is 1. The molecular weight excluding hydrogens is 530 g/mol. The maximum Gasteiger partial charge on any atom is 0.279 e. The van der Waals surface area contributed by atoms with E-state index in [0.717, 1.165) is 25.1 Å². The first kappa shape index (κ1) is 27.2. The molecule has 1 saturated heterocycles. The van der Waals surface area contributed by atoms with Gasteiger partial charge in [-0.25, -0.2) is 9.40 Å². The molecule has 0 bridgehead atoms. The van der Waals surface area contributed by atoms with Crippen LogP contribution < -0.4 is 15.8 Å². The maximum absolute atomic E-state index is 13.6. The zero-order chi connectivity index (χ0) is 28.4. The SMILES string of the molecule is Cc1nn(-c2ccc(C(N)=O)c(NC3CCN(S(=O)(=O)NCC4CC4)C3)c2)c2c1C(=O)N(CC1CC1)C(C)(C)C2. The molecule has 2 aliphatic carbocycles. The van der Waals surface area contributed by atoms with Gasteiger partial charge in [0.1, 0.15) is 0 Å². The molecule has 1 aromatic heterocycles. The second kappa shape index (κ2) is 9.85. The number of benzene rings is 1. The smallest absolute Gasteiger partial charge is 0.279 e. The molecule has 2 aliphatic heterocycles. The van der Waals surface area contributed by atoms with Crippen molar-refractivity contribution in [1.82, 2.24) is 23.7 Å². The van der Waals surface area contributed by atoms with Crippen molar-refractivity contribution in [2.45, 2.75) is 70.9 Å². The summed E-state index contributed by atoms with van der Waals surface area (Å²) in [5.74, 6) is 0.487. The maximum atomic E-state index is 13.6. The summed E-state index contributed by atoms with van der Waals surface area (Å²) in [6.07, 6.45) is 5.75. The molecule has 3 fully saturated rings. The van der Waals surface area contributed by atoms with Crippen LogP contribution in [0.25, 0.3) is 5.69 Å². The van der Waals surface area contributed by atoms with Crippen molar-refractivity contribution in [3.05, 3.63) is 40.7 Å². The number of amides is 2. The Labute approximate surface area is 235 Å². The van der Waals surface area contributed by atoms with Gasteiger partial charge in [-0.05, 0) is 82.9 Å². The van der Waals surface area contributed by atoms with Gasteiger partial charge in [-0.15, -0.1) is 0 Å². The number of hydrogen-bond acceptors (Lipinski definition) is 6. The van der Waals surface area contributed by atoms with Gasteiger partial charge in [0.15, 0.2) is 0 Å². The van der Waals surface area contributed by atoms with Crippen LogP contribution in [0.2, 0.25) is 0 Å². The first-order valence-corrected chi connectivity index (χ1v) is 15.7. The summed E-state index contributed by atoms with van der Waals surface area (Å²) in [7, 11) is -3.55. The Bertz CT molecular complexity index is 1460. The predicted octanol–water partition coefficient (Wildman–Crippen LogP) is 2.20. The van der Waals surface area contributed by atoms with E-state index in [1.54, 1.807) is 12.1 Å². The predicted molar refractivity (Wildman–Crippen MR) is 152 cm³/mol. The van der Waals surface area contributed by atoms with Gasteiger partial charge in [0.2, 0.25) is 0 Å². The monoisotopic (exact) mass is 569 g/mol. The van der Waals surface area contributed by atoms with E-state index in [0.29, 0.717) is 66.0 Å². The van der Waals surface area contributed by atoms with E-state index in [2.05, 4.69) is 23.9 Å². The molecule has 4 N–H and O–H groups in total. The van der Waals surface area contributed by atoms with Crippen LogP contribution in [0.1, 0.15) is 78.1 Å². The number of nitrogens with one attached hydrogen (secondary N) is 2. The Morgan fingerprint density at radius 1 is 1.15 bits per heavy atom. The van der Waals surface area contributed by atoms with Crippen LogP contribution in [0.5, 0.6) is 0 Å². The summed E-state index contributed by atoms with van der Waals surface area (Å²) in [5.41, 5.74) is 9.11. The minimum atomic E-state index is -3.55. The molecule has 2 amide bonds. The number of nitrogens with two attached hydrogens (primary N) is 1. The number of aryl methyl sites for hydroxylation is 1. The number of primary amides is 1. The van der Waals surface area contributed by atoms with E-state index in [-0.39, 0.29) is 24.0 Å². The van der Waals surface area contributed by atoms with Crippen LogP contribution in [0.15, 0.2) is 18.2 Å². The fourth-order valence-corrected chi connectivity index (χ4v) is 7.30. The zero-order valence-electron chi connectivity index (χ0n) is 23.4. The van der Waals surface area contributed by atoms with Gasteiger partial charge in [0.25, 0.3) is 22.0 Å². The lowest BCUT2D eigenvalue weighted by Crippen LogP contribution is -2.53. The number of hydrogen-bond donors (Lipinski definition) is 3. The molecule has 1 atom stereocenters. The largest absolute Gasteiger partial charge is 0.380 e. The van der Waals surface area contributed by atoms with Crippen molar-refractivity contribution in [3.8, 4) is 5.69 Å². The van der Waals surface area contributed by atoms with Gasteiger partial charge in [-0.3, -0.25) is 9.59 Å². The number of anilines is 1. The molecule has 2 aromatic rings. The van der Waals surface area contributed by atoms with Gasteiger partial charge in [-0.2, -0.15) is 17.8 Å². The lowest BCUT2D eigenvalue weighted by molar-refractivity contribution is 0.0487. The molecule has 0 radical (unpaired) electrons. The molecule has 40 heavy (non-hydrogen) atoms. The van der Waals surface area contributed by atoms with Gasteiger partial charge < -0.3 is 16.0 Å². The molecule has 4 aliphatic rings. The summed E-state index contributed by atoms with van der Waals surface area (Å²) in [6.45, 7) is 8.01. The van der Waals surface area contributed by atoms with E-state index in [1.165, 1.54) is 17.1 Å². The van der Waals surface area contributed by atoms with Crippen molar-refractivity contribution < 1.29 is 18.0 Å². The van der Waals surface area contributed by atoms with Crippen molar-refractivity contribution >= 4 is 27.7 Å². The summed E-state index contributed by atoms with van der Waals surface area (Å²) in [5, 5.41) is 8.15. The summed E-state index contributed by atoms with van der Waals surface area (Å²) >= 11 is 0. The second-order valence-corrected chi connectivity index (χ2v) is 14.3. The van der Waals surface area contributed by atoms with E-state index in [9.17, 15) is 18.0 Å². The van der Waals surface area contributed by atoms with Crippen LogP contribution >= 0.6 is 0 Å². The zero-order valence-corrected chi connectivity index (χ0v) is 24.3. The standard InChI is InChI=1S/C28H39N7O4S/c1-17-25-24(13-28(2,3)34(27(25)37)15-19-6-7-19)35(32-17)21-8-9-22(26(29)36)23(12-21)31-20-10-11-33(16-20)40(38,39)30-14-18-4-5-18/h8-9,12,18-20,30-31H,4-7,10-11,13-16H2,1-3H3,(H2,29,36). The van der Waals surface area contributed by atoms with Gasteiger partial charge in [0.05, 0.1) is 28.2 Å². The van der Waals surface area contributed by atoms with Crippen LogP contribution in [-0.2, 0) is 16.6 Å². The summed E-state index contributed by atoms with van der Waals surface area (Å²) in [4.78, 5) is 28.0. The summed E-state index contributed by atoms with van der Waals surface area (Å²) < 4.78 is 31.5. The molecule has 0 spiro atoms. The van der Waals surface area contributed by atoms with Gasteiger partial charge in [-0.1, -0.05) is 0 Å². The Morgan fingerprint density at radius 2 is 1.88 bits per heavy atom. The van der Waals surface area contributed by atoms with E-state index >= 15 is 0 Å². The van der Waals surface area contributed by atoms with E-state index < -0.39 is 16.1 Å². The third-order valence-electron chi connectivity index (χ3n) is 8.70. The Morgan fingerprint density at radius 3 is 2.55 bits per heavy atom. The molecule has 6 rings (SSSR count). The van der Waals surface area contributed by atoms with E-state index in [1.807, 2.05) is 22.6 Å². The molecule has 3 heterocycles. The van der Waals surface area contributed by atoms with Crippen LogP contribution in [-0.4, -0.2) is 77.0 Å². The average Bonchev–Trinajstić information content (AvgIpc) is 3.81. The molecule has 1 unspecified atom stereocenters. The number of nitrogens with zero attached hydrogens (tertiary/aromatic N) is 4. The highest BCUT2D eigenvalue weighted by atomic mass is 32.2. The fourth-order valence-electron chi connectivity index (χ4n) is 5.95. The fraction of sp³-hybridized carbons (Fsp3) is 0.607. The molecule has 11 nitrogen and oxygen atoms in total. The van der Waals surface area contributed by atoms with Crippen LogP contribution in [0.3, 0.4) is 0 Å². The number of carbonyl (C=O) groups excluding carboxylic acids is 2. The Kier molecular flexibility index (Phi) is 6.70. The number of rotatable bonds is 10. The molecule has 2 saturated carbocycles. The van der Waals surface area contributed by atoms with Crippen molar-refractivity contribution in [3.63, 3.8) is 0 Å². The minimum absolute atomic E-state index is 0.0246. The first-order chi connectivity index (χ1) is 18.9. The van der Waals surface area contributed by atoms with Crippen LogP contribution in [0.4, 0.5) is 5.69 Å². The highest BCUT2D eigenvalue weighted by Crippen LogP contribution is 2.38. The Hall–Kier alpha value is -2.96. The number of carbonyl (C=O) groups is 2. The lowest BCUT2D eigenvalue weighted by atomic mass is 9.87. The normalized spacial score (nSPS) is 22.9. The second-order valence-electron chi connectivity index (χ2n) is 12.5. The average molecular weight is 570 g/mol. The van der Waals surface area contributed by atoms with Crippen molar-refractivity contribution in [2.24, 2.45) is 17.6 Å². The highest BCUT2D eigenvalue weighted by molar-refractivity contribution is 7.87. The third kappa shape index (κ3) is 5.24. The minimum Gasteiger partial charge on any atom is -0.380 e. The number of aromatic nitrogens is 2. The summed E-state index contributed by atoms with van der Waals surface area (Å²) in [6, 6.07) is 5.10. The van der Waals surface area contributed by atoms with Gasteiger partial charge in [0, 0.05) is 49.9 Å². The Balaban J connectivity index is 1.26. The van der Waals surface area contributed by atoms with E-state index in [4.69, 9.17) is 10.8 Å². The first-order valence-electron chi connectivity index (χ1n) is 14.3. The topological polar surface area (TPSA) is 143 Å². The molecular formula is C28H39N7O4S. The van der Waals surface area contributed by atoms with Crippen molar-refractivity contribution in [1.29, 1.82) is 0 Å². The highest BCUT2D eigenvalue weighted by Gasteiger charge is 2.44. The van der Waals surface area contributed by atoms with Crippen LogP contribution in [0, 0.1) is 18.8 Å². The molecule has 12 heteroatoms. The third-order valence-corrected chi connectivity index (χ3v) is 10.2. The molecule has 1 aromatic carbocycles. The van der Waals surface area contributed by atoms with Crippen molar-refractivity contribution in [2.75, 3.05) is 31.5 Å². The quantitative estimate of drug-likeness (QED) is 0.400. The van der Waals surface area contributed by atoms with Gasteiger partial charge >= 0.3 is 0 Å². The lowest BCUT2D eigenvalue weighted by Gasteiger charge is -2.42. The molecule has 216 valence electrons.